The van der Waals surface area contributed by atoms with Gasteiger partial charge in [-0.25, -0.2) is 0 Å². The van der Waals surface area contributed by atoms with Crippen LogP contribution in [0.4, 0.5) is 0 Å². The van der Waals surface area contributed by atoms with Crippen molar-refractivity contribution in [2.24, 2.45) is 0 Å². The van der Waals surface area contributed by atoms with E-state index in [-0.39, 0.29) is 5.97 Å². The number of alkyl halides is 1. The molecule has 0 spiro atoms. The summed E-state index contributed by atoms with van der Waals surface area (Å²) < 4.78 is 5.06. The molecule has 0 saturated carbocycles. The van der Waals surface area contributed by atoms with Gasteiger partial charge < -0.3 is 4.74 Å². The SMILES string of the molecule is CCC(=O)OCc1ccccc1CBr. The number of esters is 1. The van der Waals surface area contributed by atoms with E-state index in [1.807, 2.05) is 24.3 Å². The fourth-order valence-corrected chi connectivity index (χ4v) is 1.64. The third-order valence-corrected chi connectivity index (χ3v) is 2.54. The van der Waals surface area contributed by atoms with Gasteiger partial charge in [-0.1, -0.05) is 47.1 Å². The predicted molar refractivity (Wildman–Crippen MR) is 59.2 cm³/mol. The van der Waals surface area contributed by atoms with Gasteiger partial charge in [0, 0.05) is 11.8 Å². The van der Waals surface area contributed by atoms with Crippen LogP contribution in [0.1, 0.15) is 24.5 Å². The van der Waals surface area contributed by atoms with Crippen LogP contribution < -0.4 is 0 Å². The highest BCUT2D eigenvalue weighted by Gasteiger charge is 2.03. The van der Waals surface area contributed by atoms with Gasteiger partial charge in [0.15, 0.2) is 0 Å². The minimum atomic E-state index is -0.158. The number of halogens is 1. The topological polar surface area (TPSA) is 26.3 Å². The van der Waals surface area contributed by atoms with Crippen LogP contribution in [-0.4, -0.2) is 5.97 Å². The normalized spacial score (nSPS) is 9.86. The summed E-state index contributed by atoms with van der Waals surface area (Å²) in [5.74, 6) is -0.158. The van der Waals surface area contributed by atoms with Gasteiger partial charge in [-0.2, -0.15) is 0 Å². The fourth-order valence-electron chi connectivity index (χ4n) is 1.09. The lowest BCUT2D eigenvalue weighted by atomic mass is 10.1. The van der Waals surface area contributed by atoms with E-state index in [4.69, 9.17) is 4.74 Å². The van der Waals surface area contributed by atoms with Gasteiger partial charge in [0.1, 0.15) is 6.61 Å². The van der Waals surface area contributed by atoms with Gasteiger partial charge in [0.25, 0.3) is 0 Å². The smallest absolute Gasteiger partial charge is 0.305 e. The number of rotatable bonds is 4. The molecule has 0 heterocycles. The van der Waals surface area contributed by atoms with Gasteiger partial charge in [0.05, 0.1) is 0 Å². The van der Waals surface area contributed by atoms with Crippen LogP contribution in [0.2, 0.25) is 0 Å². The molecule has 14 heavy (non-hydrogen) atoms. The van der Waals surface area contributed by atoms with E-state index in [0.717, 1.165) is 16.5 Å². The van der Waals surface area contributed by atoms with E-state index in [1.54, 1.807) is 6.92 Å². The maximum absolute atomic E-state index is 11.0. The van der Waals surface area contributed by atoms with E-state index in [0.29, 0.717) is 13.0 Å². The summed E-state index contributed by atoms with van der Waals surface area (Å²) in [7, 11) is 0. The van der Waals surface area contributed by atoms with Crippen molar-refractivity contribution in [2.45, 2.75) is 25.3 Å². The zero-order valence-corrected chi connectivity index (χ0v) is 9.71. The summed E-state index contributed by atoms with van der Waals surface area (Å²) in [6, 6.07) is 7.91. The van der Waals surface area contributed by atoms with Gasteiger partial charge in [-0.3, -0.25) is 4.79 Å². The summed E-state index contributed by atoms with van der Waals surface area (Å²) >= 11 is 3.39. The van der Waals surface area contributed by atoms with E-state index >= 15 is 0 Å². The van der Waals surface area contributed by atoms with Crippen molar-refractivity contribution in [3.8, 4) is 0 Å². The van der Waals surface area contributed by atoms with Crippen LogP contribution >= 0.6 is 15.9 Å². The predicted octanol–water partition coefficient (Wildman–Crippen LogP) is 3.03. The molecule has 0 aliphatic rings. The van der Waals surface area contributed by atoms with Crippen molar-refractivity contribution < 1.29 is 9.53 Å². The maximum atomic E-state index is 11.0. The first-order valence-corrected chi connectivity index (χ1v) is 5.68. The second-order valence-electron chi connectivity index (χ2n) is 2.92. The highest BCUT2D eigenvalue weighted by Crippen LogP contribution is 2.13. The third kappa shape index (κ3) is 3.14. The molecule has 0 amide bonds. The van der Waals surface area contributed by atoms with Crippen LogP contribution in [0.5, 0.6) is 0 Å². The van der Waals surface area contributed by atoms with E-state index in [1.165, 1.54) is 0 Å². The van der Waals surface area contributed by atoms with Crippen molar-refractivity contribution in [3.05, 3.63) is 35.4 Å². The monoisotopic (exact) mass is 256 g/mol. The molecule has 0 bridgehead atoms. The van der Waals surface area contributed by atoms with Crippen molar-refractivity contribution in [1.29, 1.82) is 0 Å². The first kappa shape index (κ1) is 11.2. The zero-order chi connectivity index (χ0) is 10.4. The first-order valence-electron chi connectivity index (χ1n) is 4.56. The molecule has 0 fully saturated rings. The molecular formula is C11H13BrO2. The highest BCUT2D eigenvalue weighted by atomic mass is 79.9. The van der Waals surface area contributed by atoms with Gasteiger partial charge >= 0.3 is 5.97 Å². The molecular weight excluding hydrogens is 244 g/mol. The fraction of sp³-hybridized carbons (Fsp3) is 0.364. The average Bonchev–Trinajstić information content (AvgIpc) is 2.26. The Morgan fingerprint density at radius 2 is 2.00 bits per heavy atom. The molecule has 0 saturated heterocycles. The number of carbonyl (C=O) groups is 1. The van der Waals surface area contributed by atoms with Crippen LogP contribution in [0, 0.1) is 0 Å². The Bertz CT molecular complexity index is 310. The Balaban J connectivity index is 2.61. The Morgan fingerprint density at radius 1 is 1.36 bits per heavy atom. The molecule has 1 aromatic rings. The second kappa shape index (κ2) is 5.81. The largest absolute Gasteiger partial charge is 0.461 e. The van der Waals surface area contributed by atoms with Crippen molar-refractivity contribution in [3.63, 3.8) is 0 Å². The molecule has 76 valence electrons. The molecule has 1 rings (SSSR count). The Labute approximate surface area is 92.4 Å². The minimum Gasteiger partial charge on any atom is -0.461 e. The Morgan fingerprint density at radius 3 is 2.57 bits per heavy atom. The van der Waals surface area contributed by atoms with Crippen LogP contribution in [0.25, 0.3) is 0 Å². The molecule has 0 N–H and O–H groups in total. The van der Waals surface area contributed by atoms with Crippen molar-refractivity contribution >= 4 is 21.9 Å². The van der Waals surface area contributed by atoms with Crippen LogP contribution in [-0.2, 0) is 21.5 Å². The summed E-state index contributed by atoms with van der Waals surface area (Å²) in [5.41, 5.74) is 2.22. The molecule has 0 aliphatic heterocycles. The molecule has 0 unspecified atom stereocenters. The number of benzene rings is 1. The van der Waals surface area contributed by atoms with Gasteiger partial charge in [-0.05, 0) is 11.1 Å². The van der Waals surface area contributed by atoms with Crippen molar-refractivity contribution in [1.82, 2.24) is 0 Å². The number of hydrogen-bond acceptors (Lipinski definition) is 2. The number of carbonyl (C=O) groups excluding carboxylic acids is 1. The van der Waals surface area contributed by atoms with Crippen molar-refractivity contribution in [2.75, 3.05) is 0 Å². The standard InChI is InChI=1S/C11H13BrO2/c1-2-11(13)14-8-10-6-4-3-5-9(10)7-12/h3-6H,2,7-8H2,1H3. The molecule has 2 nitrogen and oxygen atoms in total. The molecule has 3 heteroatoms. The lowest BCUT2D eigenvalue weighted by molar-refractivity contribution is -0.144. The third-order valence-electron chi connectivity index (χ3n) is 1.94. The molecule has 0 aliphatic carbocycles. The summed E-state index contributed by atoms with van der Waals surface area (Å²) in [6.45, 7) is 2.16. The van der Waals surface area contributed by atoms with E-state index < -0.39 is 0 Å². The molecule has 1 aromatic carbocycles. The van der Waals surface area contributed by atoms with E-state index in [9.17, 15) is 4.79 Å². The van der Waals surface area contributed by atoms with E-state index in [2.05, 4.69) is 15.9 Å². The van der Waals surface area contributed by atoms with Crippen LogP contribution in [0.15, 0.2) is 24.3 Å². The maximum Gasteiger partial charge on any atom is 0.305 e. The summed E-state index contributed by atoms with van der Waals surface area (Å²) in [4.78, 5) is 11.0. The zero-order valence-electron chi connectivity index (χ0n) is 8.13. The molecule has 0 radical (unpaired) electrons. The molecule has 0 aromatic heterocycles. The lowest BCUT2D eigenvalue weighted by Gasteiger charge is -2.07. The number of ether oxygens (including phenoxy) is 1. The Hall–Kier alpha value is -0.830. The molecule has 0 atom stereocenters. The number of hydrogen-bond donors (Lipinski definition) is 0. The quantitative estimate of drug-likeness (QED) is 0.612. The lowest BCUT2D eigenvalue weighted by Crippen LogP contribution is -2.03. The summed E-state index contributed by atoms with van der Waals surface area (Å²) in [6.07, 6.45) is 0.427. The van der Waals surface area contributed by atoms with Gasteiger partial charge in [-0.15, -0.1) is 0 Å². The minimum absolute atomic E-state index is 0.158. The highest BCUT2D eigenvalue weighted by molar-refractivity contribution is 9.08. The first-order chi connectivity index (χ1) is 6.77. The average molecular weight is 257 g/mol. The Kier molecular flexibility index (Phi) is 4.66. The second-order valence-corrected chi connectivity index (χ2v) is 3.48. The van der Waals surface area contributed by atoms with Crippen LogP contribution in [0.3, 0.4) is 0 Å². The van der Waals surface area contributed by atoms with Gasteiger partial charge in [0.2, 0.25) is 0 Å². The summed E-state index contributed by atoms with van der Waals surface area (Å²) in [5, 5.41) is 0.785.